The van der Waals surface area contributed by atoms with Crippen LogP contribution < -0.4 is 0 Å². The van der Waals surface area contributed by atoms with Crippen molar-refractivity contribution in [3.05, 3.63) is 72.7 Å². The maximum atomic E-state index is 5.63. The third kappa shape index (κ3) is 3.00. The molecule has 2 nitrogen and oxygen atoms in total. The third-order valence-corrected chi connectivity index (χ3v) is 2.11. The van der Waals surface area contributed by atoms with Crippen molar-refractivity contribution in [1.29, 1.82) is 0 Å². The van der Waals surface area contributed by atoms with Gasteiger partial charge < -0.3 is 9.47 Å². The zero-order valence-electron chi connectivity index (χ0n) is 10.4. The predicted molar refractivity (Wildman–Crippen MR) is 70.9 cm³/mol. The minimum atomic E-state index is 0.601. The zero-order valence-corrected chi connectivity index (χ0v) is 10.4. The summed E-state index contributed by atoms with van der Waals surface area (Å²) in [6.45, 7) is 11.3. The molecule has 17 heavy (non-hydrogen) atoms. The zero-order chi connectivity index (χ0) is 12.7. The summed E-state index contributed by atoms with van der Waals surface area (Å²) in [5, 5.41) is 0. The van der Waals surface area contributed by atoms with E-state index in [0.717, 1.165) is 6.42 Å². The first-order chi connectivity index (χ1) is 8.35. The Morgan fingerprint density at radius 3 is 1.71 bits per heavy atom. The van der Waals surface area contributed by atoms with E-state index in [-0.39, 0.29) is 0 Å². The maximum Gasteiger partial charge on any atom is 0.169 e. The van der Waals surface area contributed by atoms with Crippen LogP contribution in [-0.4, -0.2) is 0 Å². The smallest absolute Gasteiger partial charge is 0.169 e. The molecule has 0 aromatic rings. The fourth-order valence-electron chi connectivity index (χ4n) is 1.38. The van der Waals surface area contributed by atoms with Crippen molar-refractivity contribution >= 4 is 0 Å². The first kappa shape index (κ1) is 13.1. The Kier molecular flexibility index (Phi) is 5.08. The standard InChI is InChI=1S/C13H12O2.C2H6/c1-3-10-11(4-2)15-13-9-7-5-6-8-12(13)14-10;1-2/h3-4,6-9H,1-2,5H2;1-2H3. The summed E-state index contributed by atoms with van der Waals surface area (Å²) >= 11 is 0. The van der Waals surface area contributed by atoms with E-state index in [4.69, 9.17) is 9.47 Å². The molecule has 0 saturated heterocycles. The van der Waals surface area contributed by atoms with Crippen molar-refractivity contribution in [2.24, 2.45) is 0 Å². The van der Waals surface area contributed by atoms with Crippen LogP contribution in [0.1, 0.15) is 20.3 Å². The summed E-state index contributed by atoms with van der Waals surface area (Å²) in [4.78, 5) is 0. The first-order valence-corrected chi connectivity index (χ1v) is 5.77. The van der Waals surface area contributed by atoms with Crippen LogP contribution in [0.4, 0.5) is 0 Å². The molecule has 0 N–H and O–H groups in total. The summed E-state index contributed by atoms with van der Waals surface area (Å²) in [6.07, 6.45) is 11.9. The molecule has 0 saturated carbocycles. The molecule has 0 unspecified atom stereocenters. The quantitative estimate of drug-likeness (QED) is 0.701. The van der Waals surface area contributed by atoms with E-state index in [1.165, 1.54) is 0 Å². The molecule has 1 heterocycles. The van der Waals surface area contributed by atoms with Crippen molar-refractivity contribution in [2.45, 2.75) is 20.3 Å². The second-order valence-corrected chi connectivity index (χ2v) is 3.11. The van der Waals surface area contributed by atoms with Crippen molar-refractivity contribution in [3.63, 3.8) is 0 Å². The molecular formula is C15H18O2. The number of ether oxygens (including phenoxy) is 2. The Bertz CT molecular complexity index is 382. The average Bonchev–Trinajstić information content (AvgIpc) is 2.63. The van der Waals surface area contributed by atoms with Gasteiger partial charge in [-0.1, -0.05) is 39.2 Å². The highest BCUT2D eigenvalue weighted by Gasteiger charge is 2.18. The van der Waals surface area contributed by atoms with Gasteiger partial charge in [0.25, 0.3) is 0 Å². The second kappa shape index (κ2) is 6.59. The number of rotatable bonds is 2. The molecule has 1 aliphatic heterocycles. The molecule has 0 aromatic heterocycles. The molecule has 0 amide bonds. The van der Waals surface area contributed by atoms with Gasteiger partial charge in [-0.15, -0.1) is 0 Å². The van der Waals surface area contributed by atoms with Crippen molar-refractivity contribution in [3.8, 4) is 0 Å². The molecule has 0 aromatic carbocycles. The van der Waals surface area contributed by atoms with Crippen LogP contribution in [0, 0.1) is 0 Å². The van der Waals surface area contributed by atoms with Crippen molar-refractivity contribution in [1.82, 2.24) is 0 Å². The van der Waals surface area contributed by atoms with Crippen LogP contribution in [0.5, 0.6) is 0 Å². The molecule has 0 bridgehead atoms. The summed E-state index contributed by atoms with van der Waals surface area (Å²) in [5.74, 6) is 2.63. The fourth-order valence-corrected chi connectivity index (χ4v) is 1.38. The lowest BCUT2D eigenvalue weighted by Gasteiger charge is -2.20. The van der Waals surface area contributed by atoms with E-state index in [1.807, 2.05) is 38.2 Å². The monoisotopic (exact) mass is 230 g/mol. The van der Waals surface area contributed by atoms with Crippen LogP contribution in [-0.2, 0) is 9.47 Å². The number of hydrogen-bond acceptors (Lipinski definition) is 2. The first-order valence-electron chi connectivity index (χ1n) is 5.77. The molecule has 2 heteroatoms. The van der Waals surface area contributed by atoms with Crippen LogP contribution in [0.25, 0.3) is 0 Å². The Morgan fingerprint density at radius 1 is 0.941 bits per heavy atom. The average molecular weight is 230 g/mol. The molecule has 0 atom stereocenters. The highest BCUT2D eigenvalue weighted by atomic mass is 16.6. The van der Waals surface area contributed by atoms with Gasteiger partial charge in [-0.3, -0.25) is 0 Å². The molecule has 2 rings (SSSR count). The molecule has 0 radical (unpaired) electrons. The summed E-state index contributed by atoms with van der Waals surface area (Å²) < 4.78 is 11.3. The lowest BCUT2D eigenvalue weighted by atomic mass is 10.3. The van der Waals surface area contributed by atoms with E-state index in [2.05, 4.69) is 13.2 Å². The Labute approximate surface area is 103 Å². The van der Waals surface area contributed by atoms with E-state index >= 15 is 0 Å². The van der Waals surface area contributed by atoms with Crippen molar-refractivity contribution in [2.75, 3.05) is 0 Å². The molecule has 0 spiro atoms. The summed E-state index contributed by atoms with van der Waals surface area (Å²) in [5.41, 5.74) is 0. The van der Waals surface area contributed by atoms with Gasteiger partial charge in [0, 0.05) is 0 Å². The van der Waals surface area contributed by atoms with E-state index in [0.29, 0.717) is 23.0 Å². The fraction of sp³-hybridized carbons (Fsp3) is 0.200. The number of allylic oxidation sites excluding steroid dienone is 6. The topological polar surface area (TPSA) is 18.5 Å². The molecule has 1 aliphatic carbocycles. The lowest BCUT2D eigenvalue weighted by molar-refractivity contribution is 0.209. The number of hydrogen-bond donors (Lipinski definition) is 0. The Balaban J connectivity index is 0.000000686. The van der Waals surface area contributed by atoms with E-state index in [9.17, 15) is 0 Å². The van der Waals surface area contributed by atoms with Crippen LogP contribution >= 0.6 is 0 Å². The van der Waals surface area contributed by atoms with E-state index < -0.39 is 0 Å². The lowest BCUT2D eigenvalue weighted by Crippen LogP contribution is -2.06. The van der Waals surface area contributed by atoms with E-state index in [1.54, 1.807) is 12.2 Å². The molecular weight excluding hydrogens is 212 g/mol. The van der Waals surface area contributed by atoms with Crippen LogP contribution in [0.3, 0.4) is 0 Å². The van der Waals surface area contributed by atoms with Crippen LogP contribution in [0.15, 0.2) is 72.7 Å². The van der Waals surface area contributed by atoms with Gasteiger partial charge in [-0.2, -0.15) is 0 Å². The van der Waals surface area contributed by atoms with Gasteiger partial charge >= 0.3 is 0 Å². The predicted octanol–water partition coefficient (Wildman–Crippen LogP) is 4.37. The second-order valence-electron chi connectivity index (χ2n) is 3.11. The van der Waals surface area contributed by atoms with Gasteiger partial charge in [0.15, 0.2) is 23.0 Å². The molecule has 90 valence electrons. The maximum absolute atomic E-state index is 5.63. The largest absolute Gasteiger partial charge is 0.450 e. The summed E-state index contributed by atoms with van der Waals surface area (Å²) in [6, 6.07) is 0. The van der Waals surface area contributed by atoms with Gasteiger partial charge in [-0.05, 0) is 30.7 Å². The van der Waals surface area contributed by atoms with Crippen molar-refractivity contribution < 1.29 is 9.47 Å². The summed E-state index contributed by atoms with van der Waals surface area (Å²) in [7, 11) is 0. The molecule has 2 aliphatic rings. The highest BCUT2D eigenvalue weighted by molar-refractivity contribution is 5.37. The highest BCUT2D eigenvalue weighted by Crippen LogP contribution is 2.28. The van der Waals surface area contributed by atoms with Gasteiger partial charge in [-0.25, -0.2) is 0 Å². The minimum absolute atomic E-state index is 0.601. The van der Waals surface area contributed by atoms with Gasteiger partial charge in [0.05, 0.1) is 0 Å². The normalized spacial score (nSPS) is 17.1. The Hall–Kier alpha value is -1.96. The van der Waals surface area contributed by atoms with Gasteiger partial charge in [0.2, 0.25) is 0 Å². The van der Waals surface area contributed by atoms with Crippen LogP contribution in [0.2, 0.25) is 0 Å². The third-order valence-electron chi connectivity index (χ3n) is 2.11. The SMILES string of the molecule is C=CC1=C(C=C)OC2=C(C=CCC=C2)O1.CC. The Morgan fingerprint density at radius 2 is 1.35 bits per heavy atom. The minimum Gasteiger partial charge on any atom is -0.450 e. The molecule has 0 fully saturated rings. The van der Waals surface area contributed by atoms with Gasteiger partial charge in [0.1, 0.15) is 0 Å².